The topological polar surface area (TPSA) is 304 Å². The number of aliphatic hydroxyl groups is 8. The van der Waals surface area contributed by atoms with Crippen LogP contribution in [0.3, 0.4) is 0 Å². The lowest BCUT2D eigenvalue weighted by molar-refractivity contribution is -0.376. The highest BCUT2D eigenvalue weighted by Gasteiger charge is 2.54. The Labute approximate surface area is 314 Å². The number of aromatic hydroxyl groups is 3. The van der Waals surface area contributed by atoms with Gasteiger partial charge in [0.2, 0.25) is 0 Å². The molecule has 3 fully saturated rings. The molecule has 11 N–H and O–H groups in total. The van der Waals surface area contributed by atoms with Gasteiger partial charge in [0.05, 0.1) is 25.9 Å². The lowest BCUT2D eigenvalue weighted by Crippen LogP contribution is -2.66. The standard InChI is InChI=1S/C36H46O19/c1-16-31(54-36-28(46)26(44)25(43)22(14-37)51-36)27(45)29(47)35(50-16)55-33-30(48)34(49-12-2-3-17-4-8-19(39)9-5-17)52-23(15-38)32(33)53-24(42)11-7-18-6-10-20(40)21(41)13-18/h2-11,13,16,22-23,25-41,43-48H,12,14-15H2,1H3/b3-2+,11-7+/t16-,22+,23+,25+,26-,27-,28+,29+,30+,31-,32+,33+,34+,35-,36-/m0/s1. The van der Waals surface area contributed by atoms with Gasteiger partial charge in [0.1, 0.15) is 66.8 Å². The quantitative estimate of drug-likeness (QED) is 0.0572. The molecule has 0 spiro atoms. The molecular formula is C36H46O19. The number of hydrogen-bond donors (Lipinski definition) is 11. The molecule has 0 aliphatic carbocycles. The summed E-state index contributed by atoms with van der Waals surface area (Å²) in [6.07, 6.45) is -18.9. The Balaban J connectivity index is 1.33. The second-order valence-corrected chi connectivity index (χ2v) is 13.1. The van der Waals surface area contributed by atoms with E-state index in [9.17, 15) is 61.0 Å². The van der Waals surface area contributed by atoms with Crippen molar-refractivity contribution in [3.05, 3.63) is 65.7 Å². The van der Waals surface area contributed by atoms with E-state index < -0.39 is 117 Å². The first-order valence-corrected chi connectivity index (χ1v) is 17.3. The van der Waals surface area contributed by atoms with Gasteiger partial charge < -0.3 is 89.3 Å². The minimum atomic E-state index is -1.94. The fraction of sp³-hybridized carbons (Fsp3) is 0.528. The molecule has 0 amide bonds. The summed E-state index contributed by atoms with van der Waals surface area (Å²) in [6, 6.07) is 10.0. The predicted octanol–water partition coefficient (Wildman–Crippen LogP) is -2.43. The van der Waals surface area contributed by atoms with E-state index in [1.165, 1.54) is 43.3 Å². The number of carbonyl (C=O) groups excluding carboxylic acids is 1. The van der Waals surface area contributed by atoms with Crippen LogP contribution in [0.1, 0.15) is 18.1 Å². The predicted molar refractivity (Wildman–Crippen MR) is 183 cm³/mol. The van der Waals surface area contributed by atoms with E-state index in [2.05, 4.69) is 0 Å². The number of phenolic OH excluding ortho intramolecular Hbond substituents is 3. The highest BCUT2D eigenvalue weighted by atomic mass is 16.8. The summed E-state index contributed by atoms with van der Waals surface area (Å²) in [4.78, 5) is 13.0. The van der Waals surface area contributed by atoms with Crippen LogP contribution in [0.5, 0.6) is 17.2 Å². The van der Waals surface area contributed by atoms with Crippen LogP contribution in [0.2, 0.25) is 0 Å². The van der Waals surface area contributed by atoms with Crippen molar-refractivity contribution in [3.8, 4) is 17.2 Å². The molecule has 0 aromatic heterocycles. The molecule has 3 heterocycles. The van der Waals surface area contributed by atoms with Crippen molar-refractivity contribution < 1.29 is 94.1 Å². The van der Waals surface area contributed by atoms with E-state index in [0.29, 0.717) is 11.1 Å². The van der Waals surface area contributed by atoms with Crippen LogP contribution in [0.25, 0.3) is 12.2 Å². The van der Waals surface area contributed by atoms with Gasteiger partial charge in [-0.2, -0.15) is 0 Å². The summed E-state index contributed by atoms with van der Waals surface area (Å²) in [6.45, 7) is -0.278. The summed E-state index contributed by atoms with van der Waals surface area (Å²) < 4.78 is 39.8. The number of phenols is 3. The van der Waals surface area contributed by atoms with Gasteiger partial charge in [0, 0.05) is 6.08 Å². The zero-order chi connectivity index (χ0) is 40.0. The van der Waals surface area contributed by atoms with Gasteiger partial charge in [-0.05, 0) is 48.4 Å². The van der Waals surface area contributed by atoms with E-state index >= 15 is 0 Å². The number of aliphatic hydroxyl groups excluding tert-OH is 8. The van der Waals surface area contributed by atoms with Gasteiger partial charge in [-0.1, -0.05) is 30.4 Å². The van der Waals surface area contributed by atoms with E-state index in [4.69, 9.17) is 33.2 Å². The lowest BCUT2D eigenvalue weighted by atomic mass is 9.96. The van der Waals surface area contributed by atoms with Gasteiger partial charge in [0.15, 0.2) is 36.5 Å². The van der Waals surface area contributed by atoms with Crippen LogP contribution in [-0.2, 0) is 38.0 Å². The largest absolute Gasteiger partial charge is 0.508 e. The van der Waals surface area contributed by atoms with Gasteiger partial charge in [-0.15, -0.1) is 0 Å². The van der Waals surface area contributed by atoms with E-state index in [1.807, 2.05) is 0 Å². The third-order valence-corrected chi connectivity index (χ3v) is 9.23. The van der Waals surface area contributed by atoms with Crippen molar-refractivity contribution in [2.24, 2.45) is 0 Å². The van der Waals surface area contributed by atoms with Gasteiger partial charge in [-0.25, -0.2) is 4.79 Å². The lowest BCUT2D eigenvalue weighted by Gasteiger charge is -2.48. The van der Waals surface area contributed by atoms with Gasteiger partial charge in [-0.3, -0.25) is 0 Å². The molecule has 15 atom stereocenters. The molecule has 3 aliphatic heterocycles. The van der Waals surface area contributed by atoms with Crippen LogP contribution in [-0.4, -0.2) is 174 Å². The fourth-order valence-corrected chi connectivity index (χ4v) is 6.17. The Morgan fingerprint density at radius 2 is 1.27 bits per heavy atom. The van der Waals surface area contributed by atoms with Crippen LogP contribution in [0.15, 0.2) is 54.6 Å². The zero-order valence-electron chi connectivity index (χ0n) is 29.3. The van der Waals surface area contributed by atoms with Crippen molar-refractivity contribution in [1.82, 2.24) is 0 Å². The van der Waals surface area contributed by atoms with E-state index in [0.717, 1.165) is 6.08 Å². The third kappa shape index (κ3) is 10.2. The highest BCUT2D eigenvalue weighted by Crippen LogP contribution is 2.34. The molecule has 0 unspecified atom stereocenters. The van der Waals surface area contributed by atoms with Crippen LogP contribution in [0.4, 0.5) is 0 Å². The summed E-state index contributed by atoms with van der Waals surface area (Å²) in [5.41, 5.74) is 1.02. The van der Waals surface area contributed by atoms with Crippen molar-refractivity contribution in [1.29, 1.82) is 0 Å². The number of hydrogen-bond acceptors (Lipinski definition) is 19. The second-order valence-electron chi connectivity index (χ2n) is 13.1. The number of esters is 1. The van der Waals surface area contributed by atoms with Gasteiger partial charge in [0.25, 0.3) is 0 Å². The van der Waals surface area contributed by atoms with E-state index in [1.54, 1.807) is 24.3 Å². The molecule has 5 rings (SSSR count). The molecule has 304 valence electrons. The van der Waals surface area contributed by atoms with E-state index in [-0.39, 0.29) is 18.1 Å². The first-order valence-electron chi connectivity index (χ1n) is 17.3. The normalized spacial score (nSPS) is 37.0. The molecule has 0 saturated carbocycles. The van der Waals surface area contributed by atoms with Crippen LogP contribution in [0, 0.1) is 0 Å². The average Bonchev–Trinajstić information content (AvgIpc) is 3.17. The average molecular weight is 783 g/mol. The zero-order valence-corrected chi connectivity index (χ0v) is 29.3. The monoisotopic (exact) mass is 782 g/mol. The second kappa shape index (κ2) is 18.9. The summed E-state index contributed by atoms with van der Waals surface area (Å²) in [5.74, 6) is -1.78. The number of rotatable bonds is 13. The molecular weight excluding hydrogens is 736 g/mol. The van der Waals surface area contributed by atoms with Crippen LogP contribution >= 0.6 is 0 Å². The molecule has 55 heavy (non-hydrogen) atoms. The minimum Gasteiger partial charge on any atom is -0.508 e. The molecule has 19 heteroatoms. The minimum absolute atomic E-state index is 0.0736. The summed E-state index contributed by atoms with van der Waals surface area (Å²) in [7, 11) is 0. The molecule has 0 radical (unpaired) electrons. The van der Waals surface area contributed by atoms with Crippen molar-refractivity contribution >= 4 is 18.1 Å². The molecule has 3 saturated heterocycles. The van der Waals surface area contributed by atoms with Crippen molar-refractivity contribution in [2.45, 2.75) is 99.0 Å². The Bertz CT molecular complexity index is 1600. The first-order chi connectivity index (χ1) is 26.2. The Morgan fingerprint density at radius 1 is 0.655 bits per heavy atom. The maximum absolute atomic E-state index is 13.0. The molecule has 3 aliphatic rings. The first kappa shape index (κ1) is 42.4. The smallest absolute Gasteiger partial charge is 0.331 e. The van der Waals surface area contributed by atoms with Crippen LogP contribution < -0.4 is 0 Å². The molecule has 2 aromatic carbocycles. The molecule has 19 nitrogen and oxygen atoms in total. The maximum Gasteiger partial charge on any atom is 0.331 e. The Kier molecular flexibility index (Phi) is 14.6. The molecule has 2 aromatic rings. The number of benzene rings is 2. The summed E-state index contributed by atoms with van der Waals surface area (Å²) in [5, 5.41) is 113. The Hall–Kier alpha value is -3.77. The fourth-order valence-electron chi connectivity index (χ4n) is 6.17. The Morgan fingerprint density at radius 3 is 1.95 bits per heavy atom. The van der Waals surface area contributed by atoms with Crippen molar-refractivity contribution in [2.75, 3.05) is 19.8 Å². The SMILES string of the molecule is C[C@@H]1O[C@@H](O[C@@H]2[C@@H](O)[C@H](OC/C=C/c3ccc(O)cc3)O[C@H](CO)[C@H]2OC(=O)/C=C/c2ccc(O)c(O)c2)[C@H](O)[C@H](O)[C@H]1O[C@@H]1O[C@H](CO)[C@@H](O)[C@H](O)[C@H]1O. The number of ether oxygens (including phenoxy) is 7. The highest BCUT2D eigenvalue weighted by molar-refractivity contribution is 5.87. The number of carbonyl (C=O) groups is 1. The molecule has 0 bridgehead atoms. The summed E-state index contributed by atoms with van der Waals surface area (Å²) >= 11 is 0. The van der Waals surface area contributed by atoms with Crippen molar-refractivity contribution in [3.63, 3.8) is 0 Å². The maximum atomic E-state index is 13.0. The third-order valence-electron chi connectivity index (χ3n) is 9.23. The van der Waals surface area contributed by atoms with Gasteiger partial charge >= 0.3 is 5.97 Å².